The van der Waals surface area contributed by atoms with Gasteiger partial charge in [-0.05, 0) is 38.3 Å². The molecule has 0 spiro atoms. The molecule has 2 rings (SSSR count). The Morgan fingerprint density at radius 1 is 1.37 bits per heavy atom. The first kappa shape index (κ1) is 14.1. The summed E-state index contributed by atoms with van der Waals surface area (Å²) in [4.78, 5) is 14.4. The molecular formula is C16H24N2O. The molecule has 2 unspecified atom stereocenters. The van der Waals surface area contributed by atoms with Gasteiger partial charge in [-0.2, -0.15) is 0 Å². The molecule has 0 saturated carbocycles. The number of benzene rings is 1. The van der Waals surface area contributed by atoms with Crippen molar-refractivity contribution in [2.45, 2.75) is 45.7 Å². The van der Waals surface area contributed by atoms with Gasteiger partial charge in [0.05, 0.1) is 0 Å². The van der Waals surface area contributed by atoms with E-state index in [-0.39, 0.29) is 5.91 Å². The van der Waals surface area contributed by atoms with Gasteiger partial charge < -0.3 is 10.2 Å². The van der Waals surface area contributed by atoms with Crippen molar-refractivity contribution in [1.82, 2.24) is 10.2 Å². The summed E-state index contributed by atoms with van der Waals surface area (Å²) >= 11 is 0. The van der Waals surface area contributed by atoms with Gasteiger partial charge in [0, 0.05) is 31.6 Å². The van der Waals surface area contributed by atoms with Crippen LogP contribution in [-0.4, -0.2) is 36.0 Å². The Balaban J connectivity index is 1.92. The average Bonchev–Trinajstić information content (AvgIpc) is 2.40. The van der Waals surface area contributed by atoms with E-state index in [9.17, 15) is 4.79 Å². The summed E-state index contributed by atoms with van der Waals surface area (Å²) in [5.41, 5.74) is 2.56. The fourth-order valence-electron chi connectivity index (χ4n) is 2.64. The Kier molecular flexibility index (Phi) is 4.59. The van der Waals surface area contributed by atoms with E-state index in [1.165, 1.54) is 11.1 Å². The maximum Gasteiger partial charge on any atom is 0.223 e. The third kappa shape index (κ3) is 3.57. The van der Waals surface area contributed by atoms with E-state index in [0.29, 0.717) is 18.5 Å². The highest BCUT2D eigenvalue weighted by Crippen LogP contribution is 2.13. The van der Waals surface area contributed by atoms with E-state index in [0.717, 1.165) is 19.5 Å². The van der Waals surface area contributed by atoms with Gasteiger partial charge in [-0.15, -0.1) is 0 Å². The highest BCUT2D eigenvalue weighted by atomic mass is 16.2. The van der Waals surface area contributed by atoms with E-state index in [4.69, 9.17) is 0 Å². The smallest absolute Gasteiger partial charge is 0.223 e. The number of nitrogens with zero attached hydrogens (tertiary/aromatic N) is 1. The van der Waals surface area contributed by atoms with Gasteiger partial charge in [0.2, 0.25) is 5.91 Å². The fourth-order valence-corrected chi connectivity index (χ4v) is 2.64. The minimum Gasteiger partial charge on any atom is -0.337 e. The van der Waals surface area contributed by atoms with Gasteiger partial charge in [-0.3, -0.25) is 4.79 Å². The van der Waals surface area contributed by atoms with Crippen LogP contribution in [0.4, 0.5) is 0 Å². The van der Waals surface area contributed by atoms with Crippen molar-refractivity contribution >= 4 is 5.91 Å². The van der Waals surface area contributed by atoms with Crippen LogP contribution in [0.2, 0.25) is 0 Å². The number of rotatable bonds is 3. The van der Waals surface area contributed by atoms with Crippen LogP contribution in [0.15, 0.2) is 24.3 Å². The third-order valence-electron chi connectivity index (χ3n) is 3.95. The molecule has 1 aromatic carbocycles. The van der Waals surface area contributed by atoms with E-state index >= 15 is 0 Å². The van der Waals surface area contributed by atoms with Crippen LogP contribution >= 0.6 is 0 Å². The zero-order valence-electron chi connectivity index (χ0n) is 12.1. The molecule has 1 N–H and O–H groups in total. The summed E-state index contributed by atoms with van der Waals surface area (Å²) in [7, 11) is 0. The van der Waals surface area contributed by atoms with E-state index in [2.05, 4.69) is 38.2 Å². The van der Waals surface area contributed by atoms with Crippen molar-refractivity contribution in [2.75, 3.05) is 13.1 Å². The summed E-state index contributed by atoms with van der Waals surface area (Å²) in [5, 5.41) is 3.41. The van der Waals surface area contributed by atoms with Gasteiger partial charge in [-0.1, -0.05) is 24.3 Å². The molecule has 1 aliphatic rings. The molecule has 1 aromatic rings. The van der Waals surface area contributed by atoms with Crippen LogP contribution in [0.3, 0.4) is 0 Å². The van der Waals surface area contributed by atoms with Gasteiger partial charge in [0.15, 0.2) is 0 Å². The number of carbonyl (C=O) groups is 1. The van der Waals surface area contributed by atoms with Crippen molar-refractivity contribution in [2.24, 2.45) is 0 Å². The van der Waals surface area contributed by atoms with E-state index in [1.807, 2.05) is 17.0 Å². The lowest BCUT2D eigenvalue weighted by molar-refractivity contribution is -0.134. The molecule has 0 bridgehead atoms. The second-order valence-electron chi connectivity index (χ2n) is 5.63. The first-order valence-corrected chi connectivity index (χ1v) is 7.15. The van der Waals surface area contributed by atoms with Crippen molar-refractivity contribution in [3.8, 4) is 0 Å². The molecule has 104 valence electrons. The predicted octanol–water partition coefficient (Wildman–Crippen LogP) is 2.14. The number of aryl methyl sites for hydroxylation is 2. The Morgan fingerprint density at radius 3 is 2.84 bits per heavy atom. The lowest BCUT2D eigenvalue weighted by Gasteiger charge is -2.37. The molecule has 1 fully saturated rings. The standard InChI is InChI=1S/C16H24N2O/c1-12-6-4-5-7-15(12)8-9-16(19)18-11-13(2)17-10-14(18)3/h4-7,13-14,17H,8-11H2,1-3H3. The predicted molar refractivity (Wildman–Crippen MR) is 78.1 cm³/mol. The second-order valence-corrected chi connectivity index (χ2v) is 5.63. The van der Waals surface area contributed by atoms with E-state index < -0.39 is 0 Å². The van der Waals surface area contributed by atoms with E-state index in [1.54, 1.807) is 0 Å². The highest BCUT2D eigenvalue weighted by molar-refractivity contribution is 5.77. The van der Waals surface area contributed by atoms with Gasteiger partial charge in [-0.25, -0.2) is 0 Å². The SMILES string of the molecule is Cc1ccccc1CCC(=O)N1CC(C)NCC1C. The quantitative estimate of drug-likeness (QED) is 0.903. The number of amides is 1. The van der Waals surface area contributed by atoms with Crippen molar-refractivity contribution in [1.29, 1.82) is 0 Å². The number of carbonyl (C=O) groups excluding carboxylic acids is 1. The maximum absolute atomic E-state index is 12.3. The first-order chi connectivity index (χ1) is 9.08. The molecule has 0 aromatic heterocycles. The fraction of sp³-hybridized carbons (Fsp3) is 0.562. The number of hydrogen-bond acceptors (Lipinski definition) is 2. The van der Waals surface area contributed by atoms with Gasteiger partial charge >= 0.3 is 0 Å². The number of hydrogen-bond donors (Lipinski definition) is 1. The molecule has 1 heterocycles. The first-order valence-electron chi connectivity index (χ1n) is 7.15. The molecule has 1 saturated heterocycles. The minimum atomic E-state index is 0.282. The Hall–Kier alpha value is -1.35. The Morgan fingerprint density at radius 2 is 2.11 bits per heavy atom. The molecule has 1 aliphatic heterocycles. The van der Waals surface area contributed by atoms with Crippen molar-refractivity contribution < 1.29 is 4.79 Å². The average molecular weight is 260 g/mol. The monoisotopic (exact) mass is 260 g/mol. The van der Waals surface area contributed by atoms with Crippen LogP contribution in [0.25, 0.3) is 0 Å². The summed E-state index contributed by atoms with van der Waals surface area (Å²) < 4.78 is 0. The molecule has 3 nitrogen and oxygen atoms in total. The number of nitrogens with one attached hydrogen (secondary N) is 1. The van der Waals surface area contributed by atoms with Crippen molar-refractivity contribution in [3.63, 3.8) is 0 Å². The molecule has 2 atom stereocenters. The maximum atomic E-state index is 12.3. The van der Waals surface area contributed by atoms with Crippen LogP contribution < -0.4 is 5.32 Å². The lowest BCUT2D eigenvalue weighted by atomic mass is 10.0. The minimum absolute atomic E-state index is 0.282. The lowest BCUT2D eigenvalue weighted by Crippen LogP contribution is -2.56. The molecule has 1 amide bonds. The molecule has 0 radical (unpaired) electrons. The summed E-state index contributed by atoms with van der Waals surface area (Å²) in [6.45, 7) is 8.08. The molecule has 19 heavy (non-hydrogen) atoms. The summed E-state index contributed by atoms with van der Waals surface area (Å²) in [5.74, 6) is 0.282. The third-order valence-corrected chi connectivity index (χ3v) is 3.95. The second kappa shape index (κ2) is 6.20. The Labute approximate surface area is 116 Å². The Bertz CT molecular complexity index is 444. The summed E-state index contributed by atoms with van der Waals surface area (Å²) in [6.07, 6.45) is 1.46. The van der Waals surface area contributed by atoms with Crippen LogP contribution in [0.1, 0.15) is 31.4 Å². The zero-order chi connectivity index (χ0) is 13.8. The normalized spacial score (nSPS) is 23.4. The van der Waals surface area contributed by atoms with Gasteiger partial charge in [0.25, 0.3) is 0 Å². The van der Waals surface area contributed by atoms with Crippen LogP contribution in [0, 0.1) is 6.92 Å². The largest absolute Gasteiger partial charge is 0.337 e. The topological polar surface area (TPSA) is 32.3 Å². The molecular weight excluding hydrogens is 236 g/mol. The zero-order valence-corrected chi connectivity index (χ0v) is 12.1. The highest BCUT2D eigenvalue weighted by Gasteiger charge is 2.25. The van der Waals surface area contributed by atoms with Crippen LogP contribution in [0.5, 0.6) is 0 Å². The number of piperazine rings is 1. The molecule has 3 heteroatoms. The van der Waals surface area contributed by atoms with Gasteiger partial charge in [0.1, 0.15) is 0 Å². The van der Waals surface area contributed by atoms with Crippen molar-refractivity contribution in [3.05, 3.63) is 35.4 Å². The molecule has 0 aliphatic carbocycles. The van der Waals surface area contributed by atoms with Crippen LogP contribution in [-0.2, 0) is 11.2 Å². The summed E-state index contributed by atoms with van der Waals surface area (Å²) in [6, 6.07) is 9.02.